The predicted molar refractivity (Wildman–Crippen MR) is 91.8 cm³/mol. The Balaban J connectivity index is 1.81. The number of fused-ring (bicyclic) bond motifs is 1. The highest BCUT2D eigenvalue weighted by molar-refractivity contribution is 5.78. The lowest BCUT2D eigenvalue weighted by Gasteiger charge is -2.35. The van der Waals surface area contributed by atoms with Crippen molar-refractivity contribution in [1.29, 1.82) is 0 Å². The molecule has 0 bridgehead atoms. The van der Waals surface area contributed by atoms with E-state index in [-0.39, 0.29) is 5.92 Å². The summed E-state index contributed by atoms with van der Waals surface area (Å²) in [5.74, 6) is 1.94. The number of hydrogen-bond donors (Lipinski definition) is 1. The third kappa shape index (κ3) is 3.65. The van der Waals surface area contributed by atoms with Gasteiger partial charge < -0.3 is 15.1 Å². The predicted octanol–water partition coefficient (Wildman–Crippen LogP) is 2.20. The maximum absolute atomic E-state index is 12.5. The van der Waals surface area contributed by atoms with Crippen molar-refractivity contribution in [2.45, 2.75) is 59.0 Å². The van der Waals surface area contributed by atoms with Crippen LogP contribution in [0.3, 0.4) is 0 Å². The number of carbonyl (C=O) groups is 1. The molecule has 22 heavy (non-hydrogen) atoms. The van der Waals surface area contributed by atoms with E-state index in [1.54, 1.807) is 0 Å². The van der Waals surface area contributed by atoms with Crippen molar-refractivity contribution in [3.05, 3.63) is 0 Å². The normalized spacial score (nSPS) is 35.6. The molecule has 0 aromatic carbocycles. The summed E-state index contributed by atoms with van der Waals surface area (Å²) in [6.07, 6.45) is 3.32. The van der Waals surface area contributed by atoms with Gasteiger partial charge in [0, 0.05) is 31.1 Å². The van der Waals surface area contributed by atoms with Gasteiger partial charge in [0.2, 0.25) is 5.91 Å². The summed E-state index contributed by atoms with van der Waals surface area (Å²) in [5.41, 5.74) is 0. The molecule has 4 heteroatoms. The fourth-order valence-electron chi connectivity index (χ4n) is 4.55. The van der Waals surface area contributed by atoms with E-state index in [9.17, 15) is 4.79 Å². The number of hydrogen-bond acceptors (Lipinski definition) is 3. The average molecular weight is 309 g/mol. The van der Waals surface area contributed by atoms with Gasteiger partial charge in [0.1, 0.15) is 0 Å². The van der Waals surface area contributed by atoms with Crippen molar-refractivity contribution >= 4 is 5.91 Å². The second kappa shape index (κ2) is 7.78. The topological polar surface area (TPSA) is 35.6 Å². The van der Waals surface area contributed by atoms with Crippen molar-refractivity contribution in [3.63, 3.8) is 0 Å². The standard InChI is InChI=1S/C18H35N3O/c1-6-21(7-2)11-10-19-18(22)15-8-9-17-16(12-15)13(3)14(4)20(17)5/h13-17H,6-12H2,1-5H3,(H,19,22). The third-order valence-corrected chi connectivity index (χ3v) is 6.46. The summed E-state index contributed by atoms with van der Waals surface area (Å²) in [6.45, 7) is 12.9. The van der Waals surface area contributed by atoms with Gasteiger partial charge in [0.25, 0.3) is 0 Å². The number of rotatable bonds is 6. The molecule has 2 fully saturated rings. The lowest BCUT2D eigenvalue weighted by molar-refractivity contribution is -0.126. The first-order valence-corrected chi connectivity index (χ1v) is 9.21. The van der Waals surface area contributed by atoms with Gasteiger partial charge in [0.15, 0.2) is 0 Å². The van der Waals surface area contributed by atoms with Crippen molar-refractivity contribution in [2.75, 3.05) is 33.2 Å². The van der Waals surface area contributed by atoms with Crippen LogP contribution in [0.15, 0.2) is 0 Å². The van der Waals surface area contributed by atoms with E-state index in [2.05, 4.69) is 49.9 Å². The molecule has 1 saturated heterocycles. The van der Waals surface area contributed by atoms with E-state index in [0.29, 0.717) is 29.8 Å². The highest BCUT2D eigenvalue weighted by Gasteiger charge is 2.46. The summed E-state index contributed by atoms with van der Waals surface area (Å²) in [6, 6.07) is 1.35. The Morgan fingerprint density at radius 3 is 2.55 bits per heavy atom. The van der Waals surface area contributed by atoms with Gasteiger partial charge in [-0.05, 0) is 58.2 Å². The van der Waals surface area contributed by atoms with E-state index in [1.807, 2.05) is 0 Å². The minimum Gasteiger partial charge on any atom is -0.355 e. The number of amides is 1. The Hall–Kier alpha value is -0.610. The Bertz CT molecular complexity index is 369. The first-order valence-electron chi connectivity index (χ1n) is 9.21. The summed E-state index contributed by atoms with van der Waals surface area (Å²) < 4.78 is 0. The molecule has 4 nitrogen and oxygen atoms in total. The molecule has 1 N–H and O–H groups in total. The molecule has 2 aliphatic rings. The lowest BCUT2D eigenvalue weighted by Crippen LogP contribution is -2.42. The number of nitrogens with one attached hydrogen (secondary N) is 1. The number of carbonyl (C=O) groups excluding carboxylic acids is 1. The Kier molecular flexibility index (Phi) is 6.27. The molecule has 0 aromatic heterocycles. The van der Waals surface area contributed by atoms with Crippen molar-refractivity contribution in [2.24, 2.45) is 17.8 Å². The van der Waals surface area contributed by atoms with Crippen molar-refractivity contribution in [3.8, 4) is 0 Å². The Morgan fingerprint density at radius 2 is 1.91 bits per heavy atom. The van der Waals surface area contributed by atoms with Crippen LogP contribution in [-0.2, 0) is 4.79 Å². The summed E-state index contributed by atoms with van der Waals surface area (Å²) in [5, 5.41) is 3.17. The minimum atomic E-state index is 0.235. The average Bonchev–Trinajstić information content (AvgIpc) is 2.75. The molecule has 1 saturated carbocycles. The van der Waals surface area contributed by atoms with E-state index in [4.69, 9.17) is 0 Å². The first kappa shape index (κ1) is 17.7. The first-order chi connectivity index (χ1) is 10.5. The van der Waals surface area contributed by atoms with Gasteiger partial charge in [-0.3, -0.25) is 4.79 Å². The van der Waals surface area contributed by atoms with Crippen LogP contribution in [0.25, 0.3) is 0 Å². The number of nitrogens with zero attached hydrogens (tertiary/aromatic N) is 2. The van der Waals surface area contributed by atoms with Crippen LogP contribution in [-0.4, -0.2) is 61.0 Å². The number of likely N-dealkylation sites (tertiary alicyclic amines) is 1. The van der Waals surface area contributed by atoms with Crippen LogP contribution in [0.2, 0.25) is 0 Å². The maximum atomic E-state index is 12.5. The zero-order valence-electron chi connectivity index (χ0n) is 15.1. The van der Waals surface area contributed by atoms with Crippen molar-refractivity contribution < 1.29 is 4.79 Å². The minimum absolute atomic E-state index is 0.235. The quantitative estimate of drug-likeness (QED) is 0.817. The molecule has 1 aliphatic heterocycles. The smallest absolute Gasteiger partial charge is 0.223 e. The van der Waals surface area contributed by atoms with Crippen molar-refractivity contribution in [1.82, 2.24) is 15.1 Å². The van der Waals surface area contributed by atoms with Crippen LogP contribution in [0.4, 0.5) is 0 Å². The fraction of sp³-hybridized carbons (Fsp3) is 0.944. The maximum Gasteiger partial charge on any atom is 0.223 e. The highest BCUT2D eigenvalue weighted by atomic mass is 16.1. The molecular formula is C18H35N3O. The molecular weight excluding hydrogens is 274 g/mol. The molecule has 0 spiro atoms. The Labute approximate surface area is 136 Å². The Morgan fingerprint density at radius 1 is 1.23 bits per heavy atom. The molecule has 128 valence electrons. The van der Waals surface area contributed by atoms with E-state index >= 15 is 0 Å². The molecule has 5 unspecified atom stereocenters. The van der Waals surface area contributed by atoms with Gasteiger partial charge in [-0.1, -0.05) is 20.8 Å². The molecule has 0 radical (unpaired) electrons. The summed E-state index contributed by atoms with van der Waals surface area (Å²) in [7, 11) is 2.26. The largest absolute Gasteiger partial charge is 0.355 e. The number of likely N-dealkylation sites (N-methyl/N-ethyl adjacent to an activating group) is 1. The molecule has 5 atom stereocenters. The van der Waals surface area contributed by atoms with Crippen LogP contribution in [0, 0.1) is 17.8 Å². The van der Waals surface area contributed by atoms with E-state index in [0.717, 1.165) is 39.0 Å². The van der Waals surface area contributed by atoms with E-state index < -0.39 is 0 Å². The molecule has 0 aromatic rings. The van der Waals surface area contributed by atoms with Crippen LogP contribution < -0.4 is 5.32 Å². The monoisotopic (exact) mass is 309 g/mol. The lowest BCUT2D eigenvalue weighted by atomic mass is 9.74. The molecule has 1 aliphatic carbocycles. The van der Waals surface area contributed by atoms with Gasteiger partial charge in [-0.15, -0.1) is 0 Å². The molecule has 2 rings (SSSR count). The zero-order valence-corrected chi connectivity index (χ0v) is 15.1. The summed E-state index contributed by atoms with van der Waals surface area (Å²) >= 11 is 0. The van der Waals surface area contributed by atoms with Gasteiger partial charge in [-0.25, -0.2) is 0 Å². The summed E-state index contributed by atoms with van der Waals surface area (Å²) in [4.78, 5) is 17.4. The molecule has 1 heterocycles. The van der Waals surface area contributed by atoms with Gasteiger partial charge >= 0.3 is 0 Å². The highest BCUT2D eigenvalue weighted by Crippen LogP contribution is 2.44. The fourth-order valence-corrected chi connectivity index (χ4v) is 4.55. The second-order valence-electron chi connectivity index (χ2n) is 7.32. The zero-order chi connectivity index (χ0) is 16.3. The third-order valence-electron chi connectivity index (χ3n) is 6.46. The van der Waals surface area contributed by atoms with Crippen LogP contribution >= 0.6 is 0 Å². The van der Waals surface area contributed by atoms with Gasteiger partial charge in [0.05, 0.1) is 0 Å². The van der Waals surface area contributed by atoms with Crippen LogP contribution in [0.5, 0.6) is 0 Å². The van der Waals surface area contributed by atoms with E-state index in [1.165, 1.54) is 6.42 Å². The van der Waals surface area contributed by atoms with Crippen LogP contribution in [0.1, 0.15) is 47.0 Å². The second-order valence-corrected chi connectivity index (χ2v) is 7.32. The SMILES string of the molecule is CCN(CC)CCNC(=O)C1CCC2C(C1)C(C)C(C)N2C. The van der Waals surface area contributed by atoms with Gasteiger partial charge in [-0.2, -0.15) is 0 Å². The molecule has 1 amide bonds.